The normalized spacial score (nSPS) is 11.5. The van der Waals surface area contributed by atoms with Gasteiger partial charge in [-0.1, -0.05) is 6.08 Å². The smallest absolute Gasteiger partial charge is 0.491 e. The molecule has 0 aromatic heterocycles. The van der Waals surface area contributed by atoms with E-state index in [1.165, 1.54) is 0 Å². The Kier molecular flexibility index (Phi) is 16.7. The molecule has 0 aliphatic heterocycles. The Morgan fingerprint density at radius 2 is 1.32 bits per heavy atom. The second-order valence-corrected chi connectivity index (χ2v) is 4.39. The first-order valence-electron chi connectivity index (χ1n) is 7.57. The molecule has 12 heteroatoms. The highest BCUT2D eigenvalue weighted by molar-refractivity contribution is 5.98. The average Bonchev–Trinajstić information content (AvgIpc) is 2.56. The van der Waals surface area contributed by atoms with Crippen LogP contribution in [0.1, 0.15) is 34.6 Å². The number of rotatable bonds is 5. The van der Waals surface area contributed by atoms with Crippen molar-refractivity contribution in [2.45, 2.75) is 47.0 Å². The maximum absolute atomic E-state index is 11.7. The molecule has 0 bridgehead atoms. The minimum atomic E-state index is -5.09. The lowest BCUT2D eigenvalue weighted by atomic mass is 10.2. The molecule has 0 radical (unpaired) electrons. The van der Waals surface area contributed by atoms with Crippen molar-refractivity contribution in [3.05, 3.63) is 24.2 Å². The molecule has 0 amide bonds. The van der Waals surface area contributed by atoms with Gasteiger partial charge in [0.15, 0.2) is 0 Å². The first-order chi connectivity index (χ1) is 12.6. The number of ketones is 1. The van der Waals surface area contributed by atoms with Gasteiger partial charge in [-0.05, 0) is 27.7 Å². The number of alkyl halides is 6. The minimum Gasteiger partial charge on any atom is -0.502 e. The van der Waals surface area contributed by atoms with E-state index in [0.29, 0.717) is 6.92 Å². The van der Waals surface area contributed by atoms with Crippen molar-refractivity contribution in [1.29, 1.82) is 0 Å². The van der Waals surface area contributed by atoms with Crippen molar-refractivity contribution in [2.24, 2.45) is 0 Å². The van der Waals surface area contributed by atoms with Crippen LogP contribution in [-0.4, -0.2) is 43.3 Å². The molecule has 0 saturated carbocycles. The van der Waals surface area contributed by atoms with Gasteiger partial charge in [0.1, 0.15) is 0 Å². The minimum absolute atomic E-state index is 0.239. The third-order valence-corrected chi connectivity index (χ3v) is 1.91. The lowest BCUT2D eigenvalue weighted by Gasteiger charge is -2.04. The van der Waals surface area contributed by atoms with Crippen LogP contribution in [0.2, 0.25) is 0 Å². The molecule has 0 atom stereocenters. The standard InChI is InChI=1S/C7H9F3O2.C5H10O.C4H3F3O3/c1-3-12-4-5(2)6(11)7(8,9)10;1-3-5-6-4-2;1-2(8)10-3(9)4(5,6)7/h4H,3H2,1-2H3;3,5H,4H2,1-2H3;1H3/b5-4+;5-3+;. The van der Waals surface area contributed by atoms with Gasteiger partial charge in [-0.15, -0.1) is 0 Å². The molecular formula is C16H22F6O6. The highest BCUT2D eigenvalue weighted by Gasteiger charge is 2.42. The maximum Gasteiger partial charge on any atom is 0.491 e. The van der Waals surface area contributed by atoms with Gasteiger partial charge >= 0.3 is 24.3 Å². The number of esters is 2. The van der Waals surface area contributed by atoms with Gasteiger partial charge in [0, 0.05) is 12.5 Å². The summed E-state index contributed by atoms with van der Waals surface area (Å²) in [5.74, 6) is -5.63. The lowest BCUT2D eigenvalue weighted by molar-refractivity contribution is -0.201. The second-order valence-electron chi connectivity index (χ2n) is 4.39. The van der Waals surface area contributed by atoms with E-state index in [-0.39, 0.29) is 6.61 Å². The van der Waals surface area contributed by atoms with E-state index in [9.17, 15) is 40.7 Å². The molecule has 0 aliphatic rings. The largest absolute Gasteiger partial charge is 0.502 e. The number of ether oxygens (including phenoxy) is 3. The summed E-state index contributed by atoms with van der Waals surface area (Å²) in [4.78, 5) is 29.9. The van der Waals surface area contributed by atoms with Crippen LogP contribution in [-0.2, 0) is 28.6 Å². The summed E-state index contributed by atoms with van der Waals surface area (Å²) in [6.07, 6.45) is -5.54. The Morgan fingerprint density at radius 3 is 1.54 bits per heavy atom. The van der Waals surface area contributed by atoms with Gasteiger partial charge in [0.05, 0.1) is 25.7 Å². The number of Topliss-reactive ketones (excluding diaryl/α,β-unsaturated/α-hetero) is 1. The number of halogens is 6. The number of allylic oxidation sites excluding steroid dienone is 2. The van der Waals surface area contributed by atoms with Gasteiger partial charge in [-0.2, -0.15) is 26.3 Å². The van der Waals surface area contributed by atoms with E-state index in [1.807, 2.05) is 19.9 Å². The maximum atomic E-state index is 11.7. The highest BCUT2D eigenvalue weighted by atomic mass is 19.4. The van der Waals surface area contributed by atoms with E-state index in [2.05, 4.69) is 9.47 Å². The zero-order valence-electron chi connectivity index (χ0n) is 15.9. The zero-order valence-corrected chi connectivity index (χ0v) is 15.9. The molecule has 0 fully saturated rings. The zero-order chi connectivity index (χ0) is 23.0. The fourth-order valence-corrected chi connectivity index (χ4v) is 0.866. The lowest BCUT2D eigenvalue weighted by Crippen LogP contribution is -2.26. The van der Waals surface area contributed by atoms with Crippen LogP contribution in [0, 0.1) is 0 Å². The summed E-state index contributed by atoms with van der Waals surface area (Å²) >= 11 is 0. The van der Waals surface area contributed by atoms with E-state index in [0.717, 1.165) is 19.8 Å². The second kappa shape index (κ2) is 15.5. The SMILES string of the molecule is C/C=C/OCC.CC(=O)OC(=O)C(F)(F)F.CCO/C=C(\C)C(=O)C(F)(F)F. The molecule has 28 heavy (non-hydrogen) atoms. The van der Waals surface area contributed by atoms with Crippen LogP contribution in [0.25, 0.3) is 0 Å². The molecular weight excluding hydrogens is 402 g/mol. The third kappa shape index (κ3) is 19.8. The summed E-state index contributed by atoms with van der Waals surface area (Å²) in [5.41, 5.74) is -0.440. The van der Waals surface area contributed by atoms with Gasteiger partial charge in [-0.3, -0.25) is 9.59 Å². The molecule has 164 valence electrons. The Morgan fingerprint density at radius 1 is 0.857 bits per heavy atom. The number of hydrogen-bond acceptors (Lipinski definition) is 6. The van der Waals surface area contributed by atoms with E-state index in [1.54, 1.807) is 13.2 Å². The molecule has 0 aromatic rings. The molecule has 0 aromatic carbocycles. The fourth-order valence-electron chi connectivity index (χ4n) is 0.866. The number of carbonyl (C=O) groups is 3. The van der Waals surface area contributed by atoms with Crippen molar-refractivity contribution >= 4 is 17.7 Å². The fraction of sp³-hybridized carbons (Fsp3) is 0.562. The predicted octanol–water partition coefficient (Wildman–Crippen LogP) is 4.25. The Bertz CT molecular complexity index is 535. The summed E-state index contributed by atoms with van der Waals surface area (Å²) in [7, 11) is 0. The van der Waals surface area contributed by atoms with Crippen molar-refractivity contribution in [2.75, 3.05) is 13.2 Å². The first kappa shape index (κ1) is 30.2. The quantitative estimate of drug-likeness (QED) is 0.216. The molecule has 0 N–H and O–H groups in total. The summed E-state index contributed by atoms with van der Waals surface area (Å²) in [6.45, 7) is 8.28. The number of carbonyl (C=O) groups excluding carboxylic acids is 3. The average molecular weight is 424 g/mol. The van der Waals surface area contributed by atoms with Crippen molar-refractivity contribution in [1.82, 2.24) is 0 Å². The Labute approximate surface area is 158 Å². The van der Waals surface area contributed by atoms with Crippen LogP contribution in [0.3, 0.4) is 0 Å². The van der Waals surface area contributed by atoms with Gasteiger partial charge in [-0.25, -0.2) is 4.79 Å². The van der Waals surface area contributed by atoms with E-state index < -0.39 is 35.6 Å². The summed E-state index contributed by atoms with van der Waals surface area (Å²) < 4.78 is 81.1. The number of hydrogen-bond donors (Lipinski definition) is 0. The van der Waals surface area contributed by atoms with E-state index >= 15 is 0 Å². The monoisotopic (exact) mass is 424 g/mol. The predicted molar refractivity (Wildman–Crippen MR) is 85.7 cm³/mol. The first-order valence-corrected chi connectivity index (χ1v) is 7.57. The molecule has 0 spiro atoms. The Hall–Kier alpha value is -2.53. The third-order valence-electron chi connectivity index (χ3n) is 1.91. The Balaban J connectivity index is -0.000000354. The molecule has 0 saturated heterocycles. The van der Waals surface area contributed by atoms with Crippen LogP contribution in [0.5, 0.6) is 0 Å². The topological polar surface area (TPSA) is 78.9 Å². The van der Waals surface area contributed by atoms with Crippen LogP contribution < -0.4 is 0 Å². The van der Waals surface area contributed by atoms with Gasteiger partial charge in [0.2, 0.25) is 0 Å². The van der Waals surface area contributed by atoms with Gasteiger partial charge in [0.25, 0.3) is 5.78 Å². The summed E-state index contributed by atoms with van der Waals surface area (Å²) in [5, 5.41) is 0. The van der Waals surface area contributed by atoms with Crippen molar-refractivity contribution in [3.63, 3.8) is 0 Å². The molecule has 0 aliphatic carbocycles. The highest BCUT2D eigenvalue weighted by Crippen LogP contribution is 2.20. The molecule has 6 nitrogen and oxygen atoms in total. The molecule has 0 rings (SSSR count). The van der Waals surface area contributed by atoms with Crippen LogP contribution in [0.15, 0.2) is 24.2 Å². The summed E-state index contributed by atoms with van der Waals surface area (Å²) in [6, 6.07) is 0. The van der Waals surface area contributed by atoms with Crippen molar-refractivity contribution < 1.29 is 54.9 Å². The van der Waals surface area contributed by atoms with E-state index in [4.69, 9.17) is 4.74 Å². The van der Waals surface area contributed by atoms with Crippen molar-refractivity contribution in [3.8, 4) is 0 Å². The molecule has 0 heterocycles. The van der Waals surface area contributed by atoms with Crippen LogP contribution >= 0.6 is 0 Å². The van der Waals surface area contributed by atoms with Gasteiger partial charge < -0.3 is 14.2 Å². The molecule has 0 unspecified atom stereocenters. The van der Waals surface area contributed by atoms with Crippen LogP contribution in [0.4, 0.5) is 26.3 Å².